The van der Waals surface area contributed by atoms with E-state index in [0.29, 0.717) is 0 Å². The highest BCUT2D eigenvalue weighted by Crippen LogP contribution is 2.36. The fourth-order valence-electron chi connectivity index (χ4n) is 6.14. The maximum absolute atomic E-state index is 5.13. The first-order valence-electron chi connectivity index (χ1n) is 13.9. The molecule has 4 aromatic rings. The number of hydrogen-bond donors (Lipinski definition) is 0. The van der Waals surface area contributed by atoms with Gasteiger partial charge < -0.3 is 14.7 Å². The van der Waals surface area contributed by atoms with Crippen molar-refractivity contribution in [3.05, 3.63) is 89.5 Å². The molecule has 4 heterocycles. The number of rotatable bonds is 7. The van der Waals surface area contributed by atoms with Gasteiger partial charge in [0, 0.05) is 71.4 Å². The SMILES string of the molecule is CN1CCN(c2cccc3nc(CN(Cc4ccccc4N(C)C)[C@H]4CCCc5cccnc54)cn23)CC1. The van der Waals surface area contributed by atoms with Gasteiger partial charge in [0.15, 0.2) is 0 Å². The number of para-hydroxylation sites is 1. The molecule has 198 valence electrons. The summed E-state index contributed by atoms with van der Waals surface area (Å²) in [6, 6.07) is 19.9. The zero-order chi connectivity index (χ0) is 26.1. The molecule has 38 heavy (non-hydrogen) atoms. The van der Waals surface area contributed by atoms with Crippen LogP contribution in [0.25, 0.3) is 5.65 Å². The number of piperazine rings is 1. The third-order valence-corrected chi connectivity index (χ3v) is 8.17. The van der Waals surface area contributed by atoms with Crippen molar-refractivity contribution in [3.8, 4) is 0 Å². The lowest BCUT2D eigenvalue weighted by Crippen LogP contribution is -2.45. The van der Waals surface area contributed by atoms with Crippen molar-refractivity contribution in [1.82, 2.24) is 24.2 Å². The summed E-state index contributed by atoms with van der Waals surface area (Å²) >= 11 is 0. The second-order valence-electron chi connectivity index (χ2n) is 11.0. The molecule has 2 aliphatic rings. The molecule has 0 radical (unpaired) electrons. The van der Waals surface area contributed by atoms with Gasteiger partial charge in [0.25, 0.3) is 0 Å². The first-order valence-corrected chi connectivity index (χ1v) is 13.9. The molecule has 7 nitrogen and oxygen atoms in total. The van der Waals surface area contributed by atoms with E-state index in [1.165, 1.54) is 34.7 Å². The predicted octanol–water partition coefficient (Wildman–Crippen LogP) is 4.63. The number of benzene rings is 1. The molecule has 0 unspecified atom stereocenters. The first kappa shape index (κ1) is 24.9. The lowest BCUT2D eigenvalue weighted by atomic mass is 9.90. The molecule has 1 aromatic carbocycles. The molecule has 3 aromatic heterocycles. The molecular formula is C31H39N7. The van der Waals surface area contributed by atoms with E-state index in [-0.39, 0.29) is 6.04 Å². The number of imidazole rings is 1. The molecule has 1 fully saturated rings. The zero-order valence-electron chi connectivity index (χ0n) is 22.9. The Balaban J connectivity index is 1.35. The lowest BCUT2D eigenvalue weighted by Gasteiger charge is -2.35. The summed E-state index contributed by atoms with van der Waals surface area (Å²) in [6.07, 6.45) is 7.64. The van der Waals surface area contributed by atoms with Crippen LogP contribution in [0.15, 0.2) is 67.0 Å². The molecule has 0 saturated carbocycles. The molecule has 6 rings (SSSR count). The molecule has 0 bridgehead atoms. The van der Waals surface area contributed by atoms with Gasteiger partial charge in [-0.2, -0.15) is 0 Å². The van der Waals surface area contributed by atoms with Crippen LogP contribution in [0.5, 0.6) is 0 Å². The monoisotopic (exact) mass is 509 g/mol. The van der Waals surface area contributed by atoms with E-state index in [4.69, 9.17) is 9.97 Å². The van der Waals surface area contributed by atoms with Crippen LogP contribution < -0.4 is 9.80 Å². The fraction of sp³-hybridized carbons (Fsp3) is 0.419. The highest BCUT2D eigenvalue weighted by Gasteiger charge is 2.29. The van der Waals surface area contributed by atoms with Crippen LogP contribution in [-0.4, -0.2) is 71.5 Å². The van der Waals surface area contributed by atoms with Gasteiger partial charge in [-0.1, -0.05) is 30.3 Å². The number of aryl methyl sites for hydroxylation is 1. The Bertz CT molecular complexity index is 1390. The molecule has 1 aliphatic heterocycles. The second-order valence-corrected chi connectivity index (χ2v) is 11.0. The summed E-state index contributed by atoms with van der Waals surface area (Å²) in [7, 11) is 6.46. The highest BCUT2D eigenvalue weighted by molar-refractivity contribution is 5.54. The van der Waals surface area contributed by atoms with Crippen molar-refractivity contribution < 1.29 is 0 Å². The van der Waals surface area contributed by atoms with Crippen molar-refractivity contribution in [2.75, 3.05) is 57.1 Å². The van der Waals surface area contributed by atoms with Gasteiger partial charge in [0.2, 0.25) is 0 Å². The van der Waals surface area contributed by atoms with Gasteiger partial charge in [-0.3, -0.25) is 14.3 Å². The minimum atomic E-state index is 0.275. The number of hydrogen-bond acceptors (Lipinski definition) is 6. The summed E-state index contributed by atoms with van der Waals surface area (Å²) in [5.74, 6) is 1.24. The normalized spacial score (nSPS) is 18.2. The molecular weight excluding hydrogens is 470 g/mol. The molecule has 1 atom stereocenters. The van der Waals surface area contributed by atoms with Gasteiger partial charge in [0.05, 0.1) is 17.4 Å². The Morgan fingerprint density at radius 2 is 1.76 bits per heavy atom. The molecule has 1 aliphatic carbocycles. The summed E-state index contributed by atoms with van der Waals surface area (Å²) < 4.78 is 2.29. The van der Waals surface area contributed by atoms with Crippen molar-refractivity contribution in [1.29, 1.82) is 0 Å². The number of aromatic nitrogens is 3. The molecule has 0 N–H and O–H groups in total. The lowest BCUT2D eigenvalue weighted by molar-refractivity contribution is 0.155. The van der Waals surface area contributed by atoms with Crippen LogP contribution in [0.2, 0.25) is 0 Å². The van der Waals surface area contributed by atoms with Crippen LogP contribution in [0.1, 0.15) is 41.4 Å². The topological polar surface area (TPSA) is 43.2 Å². The Hall–Kier alpha value is -3.42. The van der Waals surface area contributed by atoms with E-state index < -0.39 is 0 Å². The third-order valence-electron chi connectivity index (χ3n) is 8.17. The van der Waals surface area contributed by atoms with Crippen molar-refractivity contribution in [2.45, 2.75) is 38.4 Å². The fourth-order valence-corrected chi connectivity index (χ4v) is 6.14. The van der Waals surface area contributed by atoms with E-state index in [1.54, 1.807) is 0 Å². The highest BCUT2D eigenvalue weighted by atomic mass is 15.3. The van der Waals surface area contributed by atoms with Crippen LogP contribution in [0, 0.1) is 0 Å². The summed E-state index contributed by atoms with van der Waals surface area (Å²) in [5, 5.41) is 0. The van der Waals surface area contributed by atoms with E-state index in [0.717, 1.165) is 63.5 Å². The minimum absolute atomic E-state index is 0.275. The Labute approximate surface area is 226 Å². The predicted molar refractivity (Wildman–Crippen MR) is 155 cm³/mol. The summed E-state index contributed by atoms with van der Waals surface area (Å²) in [5.41, 5.74) is 7.36. The van der Waals surface area contributed by atoms with Crippen molar-refractivity contribution in [2.24, 2.45) is 0 Å². The van der Waals surface area contributed by atoms with Crippen LogP contribution in [0.4, 0.5) is 11.5 Å². The van der Waals surface area contributed by atoms with Crippen molar-refractivity contribution >= 4 is 17.2 Å². The van der Waals surface area contributed by atoms with Gasteiger partial charge >= 0.3 is 0 Å². The van der Waals surface area contributed by atoms with E-state index >= 15 is 0 Å². The average molecular weight is 510 g/mol. The molecule has 7 heteroatoms. The number of pyridine rings is 2. The van der Waals surface area contributed by atoms with Crippen LogP contribution in [-0.2, 0) is 19.5 Å². The Morgan fingerprint density at radius 3 is 2.61 bits per heavy atom. The standard InChI is InChI=1S/C31H39N7/c1-34(2)27-12-5-4-9-25(27)21-37(28-13-6-10-24-11-8-16-32-31(24)28)22-26-23-38-29(33-26)14-7-15-30(38)36-19-17-35(3)18-20-36/h4-5,7-9,11-12,14-16,23,28H,6,10,13,17-22H2,1-3H3/t28-/m0/s1. The van der Waals surface area contributed by atoms with Gasteiger partial charge in [0.1, 0.15) is 11.5 Å². The second kappa shape index (κ2) is 10.8. The third kappa shape index (κ3) is 5.00. The van der Waals surface area contributed by atoms with Gasteiger partial charge in [-0.25, -0.2) is 4.98 Å². The Kier molecular flexibility index (Phi) is 7.04. The number of likely N-dealkylation sites (N-methyl/N-ethyl adjacent to an activating group) is 1. The number of anilines is 2. The van der Waals surface area contributed by atoms with Gasteiger partial charge in [-0.15, -0.1) is 0 Å². The maximum Gasteiger partial charge on any atom is 0.138 e. The quantitative estimate of drug-likeness (QED) is 0.362. The zero-order valence-corrected chi connectivity index (χ0v) is 22.9. The largest absolute Gasteiger partial charge is 0.377 e. The van der Waals surface area contributed by atoms with Crippen molar-refractivity contribution in [3.63, 3.8) is 0 Å². The summed E-state index contributed by atoms with van der Waals surface area (Å²) in [4.78, 5) is 19.7. The minimum Gasteiger partial charge on any atom is -0.377 e. The number of fused-ring (bicyclic) bond motifs is 2. The average Bonchev–Trinajstić information content (AvgIpc) is 3.36. The van der Waals surface area contributed by atoms with E-state index in [1.807, 2.05) is 6.20 Å². The van der Waals surface area contributed by atoms with Crippen LogP contribution in [0.3, 0.4) is 0 Å². The van der Waals surface area contributed by atoms with E-state index in [9.17, 15) is 0 Å². The number of nitrogens with zero attached hydrogens (tertiary/aromatic N) is 7. The molecule has 1 saturated heterocycles. The summed E-state index contributed by atoms with van der Waals surface area (Å²) in [6.45, 7) is 5.90. The maximum atomic E-state index is 5.13. The smallest absolute Gasteiger partial charge is 0.138 e. The first-order chi connectivity index (χ1) is 18.6. The molecule has 0 amide bonds. The van der Waals surface area contributed by atoms with Gasteiger partial charge in [-0.05, 0) is 61.7 Å². The molecule has 0 spiro atoms. The Morgan fingerprint density at radius 1 is 0.921 bits per heavy atom. The van der Waals surface area contributed by atoms with Crippen LogP contribution >= 0.6 is 0 Å². The van der Waals surface area contributed by atoms with E-state index in [2.05, 4.69) is 106 Å².